The molecule has 0 aromatic heterocycles. The molecule has 2 aliphatic rings. The van der Waals surface area contributed by atoms with Crippen LogP contribution < -0.4 is 10.5 Å². The lowest BCUT2D eigenvalue weighted by Gasteiger charge is -2.38. The fourth-order valence-corrected chi connectivity index (χ4v) is 4.49. The summed E-state index contributed by atoms with van der Waals surface area (Å²) in [4.78, 5) is 0. The summed E-state index contributed by atoms with van der Waals surface area (Å²) < 4.78 is 25.6. The van der Waals surface area contributed by atoms with Gasteiger partial charge in [-0.2, -0.15) is 11.8 Å². The van der Waals surface area contributed by atoms with E-state index in [9.17, 15) is 4.39 Å². The average molecular weight is 311 g/mol. The zero-order chi connectivity index (χ0) is 14.9. The van der Waals surface area contributed by atoms with E-state index in [0.29, 0.717) is 5.75 Å². The Balaban J connectivity index is 1.74. The summed E-state index contributed by atoms with van der Waals surface area (Å²) in [6, 6.07) is 4.36. The van der Waals surface area contributed by atoms with Crippen molar-refractivity contribution >= 4 is 11.8 Å². The van der Waals surface area contributed by atoms with Crippen molar-refractivity contribution in [3.05, 3.63) is 29.6 Å². The molecule has 1 aromatic rings. The summed E-state index contributed by atoms with van der Waals surface area (Å²) in [7, 11) is 0. The number of ether oxygens (including phenoxy) is 2. The maximum atomic E-state index is 13.4. The average Bonchev–Trinajstić information content (AvgIpc) is 2.88. The predicted molar refractivity (Wildman–Crippen MR) is 83.3 cm³/mol. The highest BCUT2D eigenvalue weighted by atomic mass is 32.2. The number of halogens is 1. The topological polar surface area (TPSA) is 44.5 Å². The molecule has 2 fully saturated rings. The minimum atomic E-state index is -0.273. The molecule has 0 aliphatic carbocycles. The Hall–Kier alpha value is -0.780. The number of rotatable bonds is 3. The van der Waals surface area contributed by atoms with Crippen LogP contribution in [0.1, 0.15) is 37.8 Å². The van der Waals surface area contributed by atoms with Crippen LogP contribution >= 0.6 is 11.8 Å². The molecule has 2 unspecified atom stereocenters. The van der Waals surface area contributed by atoms with E-state index in [1.165, 1.54) is 12.1 Å². The first-order chi connectivity index (χ1) is 10.1. The fraction of sp³-hybridized carbons (Fsp3) is 0.625. The van der Waals surface area contributed by atoms with Gasteiger partial charge in [-0.1, -0.05) is 0 Å². The molecule has 2 aliphatic heterocycles. The molecule has 2 N–H and O–H groups in total. The molecule has 0 bridgehead atoms. The molecule has 0 saturated carbocycles. The fourth-order valence-electron chi connectivity index (χ4n) is 3.11. The minimum absolute atomic E-state index is 0.0118. The molecule has 3 atom stereocenters. The number of thioether (sulfide) groups is 1. The van der Waals surface area contributed by atoms with Crippen LogP contribution in [0.15, 0.2) is 18.2 Å². The van der Waals surface area contributed by atoms with Crippen LogP contribution in [-0.2, 0) is 4.74 Å². The Labute approximate surface area is 129 Å². The van der Waals surface area contributed by atoms with Gasteiger partial charge < -0.3 is 15.2 Å². The SMILES string of the molecule is C[C@@H](N)c1cc(F)ccc1OC1CCOC2(CCSC2)C1. The molecule has 0 radical (unpaired) electrons. The van der Waals surface area contributed by atoms with E-state index in [-0.39, 0.29) is 23.6 Å². The number of hydrogen-bond donors (Lipinski definition) is 1. The third-order valence-corrected chi connectivity index (χ3v) is 5.49. The highest BCUT2D eigenvalue weighted by molar-refractivity contribution is 7.99. The third-order valence-electron chi connectivity index (χ3n) is 4.27. The van der Waals surface area contributed by atoms with Gasteiger partial charge in [-0.3, -0.25) is 0 Å². The molecule has 5 heteroatoms. The Kier molecular flexibility index (Phi) is 4.43. The number of benzene rings is 1. The second-order valence-electron chi connectivity index (χ2n) is 6.04. The lowest BCUT2D eigenvalue weighted by atomic mass is 9.91. The van der Waals surface area contributed by atoms with Gasteiger partial charge in [-0.25, -0.2) is 4.39 Å². The smallest absolute Gasteiger partial charge is 0.124 e. The van der Waals surface area contributed by atoms with Crippen LogP contribution in [0.5, 0.6) is 5.75 Å². The third kappa shape index (κ3) is 3.35. The Bertz CT molecular complexity index is 503. The second-order valence-corrected chi connectivity index (χ2v) is 7.14. The Morgan fingerprint density at radius 1 is 1.52 bits per heavy atom. The van der Waals surface area contributed by atoms with E-state index < -0.39 is 0 Å². The molecule has 2 saturated heterocycles. The summed E-state index contributed by atoms with van der Waals surface area (Å²) in [5.41, 5.74) is 6.65. The standard InChI is InChI=1S/C16H22FNO2S/c1-11(18)14-8-12(17)2-3-15(14)20-13-4-6-19-16(9-13)5-7-21-10-16/h2-3,8,11,13H,4-7,9-10,18H2,1H3/t11-,13?,16?/m1/s1. The maximum Gasteiger partial charge on any atom is 0.124 e. The molecule has 1 spiro atoms. The maximum absolute atomic E-state index is 13.4. The van der Waals surface area contributed by atoms with Crippen molar-refractivity contribution in [2.45, 2.75) is 43.9 Å². The highest BCUT2D eigenvalue weighted by Crippen LogP contribution is 2.39. The van der Waals surface area contributed by atoms with Crippen LogP contribution in [-0.4, -0.2) is 29.8 Å². The van der Waals surface area contributed by atoms with Gasteiger partial charge in [-0.05, 0) is 37.3 Å². The van der Waals surface area contributed by atoms with Crippen LogP contribution in [0.3, 0.4) is 0 Å². The Morgan fingerprint density at radius 3 is 3.10 bits per heavy atom. The summed E-state index contributed by atoms with van der Waals surface area (Å²) in [5.74, 6) is 2.65. The molecule has 3 nitrogen and oxygen atoms in total. The first-order valence-corrected chi connectivity index (χ1v) is 8.67. The first-order valence-electron chi connectivity index (χ1n) is 7.51. The van der Waals surface area contributed by atoms with Crippen molar-refractivity contribution in [1.82, 2.24) is 0 Å². The lowest BCUT2D eigenvalue weighted by molar-refractivity contribution is -0.0960. The summed E-state index contributed by atoms with van der Waals surface area (Å²) in [6.45, 7) is 2.58. The summed E-state index contributed by atoms with van der Waals surface area (Å²) in [6.07, 6.45) is 3.01. The predicted octanol–water partition coefficient (Wildman–Crippen LogP) is 3.28. The highest BCUT2D eigenvalue weighted by Gasteiger charge is 2.41. The molecular weight excluding hydrogens is 289 g/mol. The van der Waals surface area contributed by atoms with Gasteiger partial charge in [0.2, 0.25) is 0 Å². The van der Waals surface area contributed by atoms with Crippen LogP contribution in [0.4, 0.5) is 4.39 Å². The van der Waals surface area contributed by atoms with Gasteiger partial charge in [0.15, 0.2) is 0 Å². The van der Waals surface area contributed by atoms with E-state index >= 15 is 0 Å². The van der Waals surface area contributed by atoms with Gasteiger partial charge in [0, 0.05) is 30.2 Å². The zero-order valence-electron chi connectivity index (χ0n) is 12.3. The van der Waals surface area contributed by atoms with E-state index in [1.807, 2.05) is 18.7 Å². The van der Waals surface area contributed by atoms with Crippen molar-refractivity contribution < 1.29 is 13.9 Å². The van der Waals surface area contributed by atoms with Crippen molar-refractivity contribution in [2.75, 3.05) is 18.1 Å². The zero-order valence-corrected chi connectivity index (χ0v) is 13.1. The van der Waals surface area contributed by atoms with Crippen LogP contribution in [0, 0.1) is 5.82 Å². The molecule has 3 rings (SSSR count). The monoisotopic (exact) mass is 311 g/mol. The van der Waals surface area contributed by atoms with Crippen LogP contribution in [0.25, 0.3) is 0 Å². The van der Waals surface area contributed by atoms with Crippen molar-refractivity contribution in [2.24, 2.45) is 5.73 Å². The number of nitrogens with two attached hydrogens (primary N) is 1. The largest absolute Gasteiger partial charge is 0.490 e. The van der Waals surface area contributed by atoms with Gasteiger partial charge in [0.1, 0.15) is 17.7 Å². The molecule has 2 heterocycles. The van der Waals surface area contributed by atoms with E-state index in [4.69, 9.17) is 15.2 Å². The van der Waals surface area contributed by atoms with Gasteiger partial charge in [-0.15, -0.1) is 0 Å². The molecule has 21 heavy (non-hydrogen) atoms. The van der Waals surface area contributed by atoms with E-state index in [0.717, 1.165) is 42.9 Å². The van der Waals surface area contributed by atoms with Crippen LogP contribution in [0.2, 0.25) is 0 Å². The van der Waals surface area contributed by atoms with Gasteiger partial charge in [0.25, 0.3) is 0 Å². The minimum Gasteiger partial charge on any atom is -0.490 e. The number of hydrogen-bond acceptors (Lipinski definition) is 4. The summed E-state index contributed by atoms with van der Waals surface area (Å²) in [5, 5.41) is 0. The van der Waals surface area contributed by atoms with Crippen molar-refractivity contribution in [3.63, 3.8) is 0 Å². The molecule has 1 aromatic carbocycles. The molecule has 0 amide bonds. The van der Waals surface area contributed by atoms with Gasteiger partial charge >= 0.3 is 0 Å². The van der Waals surface area contributed by atoms with E-state index in [2.05, 4.69) is 0 Å². The Morgan fingerprint density at radius 2 is 2.38 bits per heavy atom. The van der Waals surface area contributed by atoms with E-state index in [1.54, 1.807) is 6.07 Å². The molecule has 116 valence electrons. The first kappa shape index (κ1) is 15.1. The molecular formula is C16H22FNO2S. The van der Waals surface area contributed by atoms with Gasteiger partial charge in [0.05, 0.1) is 12.2 Å². The van der Waals surface area contributed by atoms with Crippen molar-refractivity contribution in [1.29, 1.82) is 0 Å². The quantitative estimate of drug-likeness (QED) is 0.930. The van der Waals surface area contributed by atoms with Crippen molar-refractivity contribution in [3.8, 4) is 5.75 Å². The lowest BCUT2D eigenvalue weighted by Crippen LogP contribution is -2.44. The normalized spacial score (nSPS) is 30.5. The second kappa shape index (κ2) is 6.15. The summed E-state index contributed by atoms with van der Waals surface area (Å²) >= 11 is 1.95.